The Morgan fingerprint density at radius 1 is 0.846 bits per heavy atom. The molecular formula is C22H20N2O2. The maximum Gasteiger partial charge on any atom is 0.252 e. The SMILES string of the molecule is C[C@@H]1[C@H](c2ccccc2)O[C@H]2c3cccn3[C@@H](c3ccccc3)C(=O)N12. The molecule has 2 aliphatic rings. The van der Waals surface area contributed by atoms with E-state index < -0.39 is 0 Å². The molecule has 1 aromatic heterocycles. The number of nitrogens with zero attached hydrogens (tertiary/aromatic N) is 2. The third-order valence-corrected chi connectivity index (χ3v) is 5.48. The van der Waals surface area contributed by atoms with E-state index in [0.29, 0.717) is 0 Å². The molecule has 3 heterocycles. The van der Waals surface area contributed by atoms with Crippen molar-refractivity contribution in [3.8, 4) is 0 Å². The van der Waals surface area contributed by atoms with Crippen LogP contribution in [0.2, 0.25) is 0 Å². The number of hydrogen-bond donors (Lipinski definition) is 0. The van der Waals surface area contributed by atoms with Crippen LogP contribution in [0.25, 0.3) is 0 Å². The lowest BCUT2D eigenvalue weighted by Gasteiger charge is -2.37. The van der Waals surface area contributed by atoms with Crippen LogP contribution in [0.5, 0.6) is 0 Å². The van der Waals surface area contributed by atoms with Crippen molar-refractivity contribution in [2.75, 3.05) is 0 Å². The van der Waals surface area contributed by atoms with E-state index in [0.717, 1.165) is 16.8 Å². The summed E-state index contributed by atoms with van der Waals surface area (Å²) in [5.41, 5.74) is 3.14. The Morgan fingerprint density at radius 2 is 1.50 bits per heavy atom. The number of carbonyl (C=O) groups excluding carboxylic acids is 1. The Morgan fingerprint density at radius 3 is 2.19 bits per heavy atom. The summed E-state index contributed by atoms with van der Waals surface area (Å²) in [7, 11) is 0. The molecule has 0 spiro atoms. The van der Waals surface area contributed by atoms with Crippen molar-refractivity contribution in [1.82, 2.24) is 9.47 Å². The highest BCUT2D eigenvalue weighted by molar-refractivity contribution is 5.86. The average Bonchev–Trinajstić information content (AvgIpc) is 3.28. The molecule has 0 unspecified atom stereocenters. The number of aromatic nitrogens is 1. The number of carbonyl (C=O) groups is 1. The quantitative estimate of drug-likeness (QED) is 0.702. The summed E-state index contributed by atoms with van der Waals surface area (Å²) in [5, 5.41) is 0. The monoisotopic (exact) mass is 344 g/mol. The fourth-order valence-corrected chi connectivity index (χ4v) is 4.26. The Hall–Kier alpha value is -2.85. The fourth-order valence-electron chi connectivity index (χ4n) is 4.26. The lowest BCUT2D eigenvalue weighted by molar-refractivity contribution is -0.144. The van der Waals surface area contributed by atoms with Crippen LogP contribution in [0, 0.1) is 0 Å². The molecule has 130 valence electrons. The Balaban J connectivity index is 1.60. The first-order valence-corrected chi connectivity index (χ1v) is 9.00. The zero-order valence-electron chi connectivity index (χ0n) is 14.5. The van der Waals surface area contributed by atoms with Crippen LogP contribution in [0.1, 0.15) is 42.1 Å². The van der Waals surface area contributed by atoms with Crippen LogP contribution in [0.3, 0.4) is 0 Å². The highest BCUT2D eigenvalue weighted by atomic mass is 16.5. The zero-order valence-corrected chi connectivity index (χ0v) is 14.5. The van der Waals surface area contributed by atoms with Gasteiger partial charge in [0.05, 0.1) is 11.7 Å². The number of benzene rings is 2. The second-order valence-corrected chi connectivity index (χ2v) is 6.96. The van der Waals surface area contributed by atoms with Gasteiger partial charge in [-0.3, -0.25) is 4.79 Å². The van der Waals surface area contributed by atoms with Gasteiger partial charge in [0.25, 0.3) is 5.91 Å². The molecule has 4 heteroatoms. The van der Waals surface area contributed by atoms with Gasteiger partial charge in [0.2, 0.25) is 0 Å². The molecule has 2 aromatic carbocycles. The number of fused-ring (bicyclic) bond motifs is 3. The molecule has 5 rings (SSSR count). The van der Waals surface area contributed by atoms with Crippen LogP contribution in [-0.2, 0) is 9.53 Å². The minimum Gasteiger partial charge on any atom is -0.342 e. The summed E-state index contributed by atoms with van der Waals surface area (Å²) in [6.07, 6.45) is 1.52. The van der Waals surface area contributed by atoms with Gasteiger partial charge < -0.3 is 14.2 Å². The molecule has 0 bridgehead atoms. The maximum absolute atomic E-state index is 13.5. The molecule has 1 saturated heterocycles. The Kier molecular flexibility index (Phi) is 3.47. The summed E-state index contributed by atoms with van der Waals surface area (Å²) in [6.45, 7) is 2.08. The number of ether oxygens (including phenoxy) is 1. The predicted octanol–water partition coefficient (Wildman–Crippen LogP) is 4.08. The lowest BCUT2D eigenvalue weighted by atomic mass is 9.99. The van der Waals surface area contributed by atoms with Crippen molar-refractivity contribution in [3.05, 3.63) is 95.8 Å². The van der Waals surface area contributed by atoms with Gasteiger partial charge in [-0.05, 0) is 30.2 Å². The minimum absolute atomic E-state index is 0.0234. The average molecular weight is 344 g/mol. The van der Waals surface area contributed by atoms with Crippen LogP contribution >= 0.6 is 0 Å². The van der Waals surface area contributed by atoms with Crippen molar-refractivity contribution < 1.29 is 9.53 Å². The van der Waals surface area contributed by atoms with Crippen LogP contribution in [-0.4, -0.2) is 21.4 Å². The smallest absolute Gasteiger partial charge is 0.252 e. The van der Waals surface area contributed by atoms with Crippen LogP contribution in [0.4, 0.5) is 0 Å². The van der Waals surface area contributed by atoms with Crippen molar-refractivity contribution >= 4 is 5.91 Å². The van der Waals surface area contributed by atoms with E-state index in [4.69, 9.17) is 4.74 Å². The second-order valence-electron chi connectivity index (χ2n) is 6.96. The Bertz CT molecular complexity index is 935. The summed E-state index contributed by atoms with van der Waals surface area (Å²) in [6, 6.07) is 23.8. The van der Waals surface area contributed by atoms with Crippen molar-refractivity contribution in [3.63, 3.8) is 0 Å². The Labute approximate surface area is 152 Å². The first kappa shape index (κ1) is 15.4. The van der Waals surface area contributed by atoms with Gasteiger partial charge in [-0.15, -0.1) is 0 Å². The van der Waals surface area contributed by atoms with E-state index in [2.05, 4.69) is 29.7 Å². The van der Waals surface area contributed by atoms with Gasteiger partial charge in [-0.2, -0.15) is 0 Å². The number of rotatable bonds is 2. The third kappa shape index (κ3) is 2.15. The topological polar surface area (TPSA) is 34.5 Å². The highest BCUT2D eigenvalue weighted by Crippen LogP contribution is 2.47. The molecule has 1 fully saturated rings. The minimum atomic E-state index is -0.335. The van der Waals surface area contributed by atoms with Crippen molar-refractivity contribution in [2.45, 2.75) is 31.3 Å². The lowest BCUT2D eigenvalue weighted by Crippen LogP contribution is -2.46. The molecule has 0 aliphatic carbocycles. The summed E-state index contributed by atoms with van der Waals surface area (Å²) in [5.74, 6) is 0.0934. The van der Waals surface area contributed by atoms with E-state index in [1.54, 1.807) is 0 Å². The highest BCUT2D eigenvalue weighted by Gasteiger charge is 2.50. The molecule has 4 nitrogen and oxygen atoms in total. The van der Waals surface area contributed by atoms with Gasteiger partial charge in [-0.25, -0.2) is 0 Å². The van der Waals surface area contributed by atoms with E-state index in [9.17, 15) is 4.79 Å². The molecule has 0 saturated carbocycles. The van der Waals surface area contributed by atoms with Crippen LogP contribution in [0.15, 0.2) is 79.0 Å². The normalized spacial score (nSPS) is 27.3. The molecule has 1 amide bonds. The van der Waals surface area contributed by atoms with E-state index >= 15 is 0 Å². The molecule has 26 heavy (non-hydrogen) atoms. The van der Waals surface area contributed by atoms with Crippen molar-refractivity contribution in [2.24, 2.45) is 0 Å². The van der Waals surface area contributed by atoms with Gasteiger partial charge in [0, 0.05) is 6.20 Å². The van der Waals surface area contributed by atoms with E-state index in [1.807, 2.05) is 65.7 Å². The zero-order chi connectivity index (χ0) is 17.7. The maximum atomic E-state index is 13.5. The number of amides is 1. The molecular weight excluding hydrogens is 324 g/mol. The standard InChI is InChI=1S/C22H20N2O2/c1-15-20(17-11-6-3-7-12-17)26-22-18-13-8-14-23(18)19(21(25)24(15)22)16-9-4-2-5-10-16/h2-15,19-20,22H,1H3/t15-,19+,20-,22+/m1/s1. The largest absolute Gasteiger partial charge is 0.342 e. The predicted molar refractivity (Wildman–Crippen MR) is 98.3 cm³/mol. The molecule has 4 atom stereocenters. The molecule has 0 N–H and O–H groups in total. The van der Waals surface area contributed by atoms with Crippen LogP contribution < -0.4 is 0 Å². The van der Waals surface area contributed by atoms with Gasteiger partial charge in [0.15, 0.2) is 6.23 Å². The summed E-state index contributed by atoms with van der Waals surface area (Å²) in [4.78, 5) is 15.4. The second kappa shape index (κ2) is 5.85. The molecule has 2 aliphatic heterocycles. The summed E-state index contributed by atoms with van der Waals surface area (Å²) < 4.78 is 8.44. The molecule has 3 aromatic rings. The van der Waals surface area contributed by atoms with E-state index in [-0.39, 0.29) is 30.3 Å². The summed E-state index contributed by atoms with van der Waals surface area (Å²) >= 11 is 0. The molecule has 0 radical (unpaired) electrons. The van der Waals surface area contributed by atoms with E-state index in [1.165, 1.54) is 0 Å². The third-order valence-electron chi connectivity index (χ3n) is 5.48. The first-order valence-electron chi connectivity index (χ1n) is 9.00. The fraction of sp³-hybridized carbons (Fsp3) is 0.227. The first-order chi connectivity index (χ1) is 12.8. The number of hydrogen-bond acceptors (Lipinski definition) is 2. The van der Waals surface area contributed by atoms with Crippen molar-refractivity contribution in [1.29, 1.82) is 0 Å². The van der Waals surface area contributed by atoms with Gasteiger partial charge >= 0.3 is 0 Å². The van der Waals surface area contributed by atoms with Gasteiger partial charge in [-0.1, -0.05) is 60.7 Å². The van der Waals surface area contributed by atoms with Gasteiger partial charge in [0.1, 0.15) is 12.1 Å².